The summed E-state index contributed by atoms with van der Waals surface area (Å²) in [5.74, 6) is 0.173. The topological polar surface area (TPSA) is 22.0 Å². The molecular formula is C17H29NO. The molecule has 0 fully saturated rings. The van der Waals surface area contributed by atoms with E-state index in [1.807, 2.05) is 19.2 Å². The number of hydrogen-bond acceptors (Lipinski definition) is 1. The molecule has 2 heteroatoms. The first-order valence-corrected chi connectivity index (χ1v) is 7.83. The van der Waals surface area contributed by atoms with Crippen LogP contribution in [0.3, 0.4) is 0 Å². The Kier molecular flexibility index (Phi) is 7.54. The second-order valence-corrected chi connectivity index (χ2v) is 5.54. The second-order valence-electron chi connectivity index (χ2n) is 5.54. The molecule has 19 heavy (non-hydrogen) atoms. The minimum Gasteiger partial charge on any atom is -0.351 e. The third-order valence-electron chi connectivity index (χ3n) is 3.87. The molecule has 0 bridgehead atoms. The summed E-state index contributed by atoms with van der Waals surface area (Å²) in [7, 11) is 0. The number of hydrogen-bond donors (Lipinski definition) is 0. The van der Waals surface area contributed by atoms with Crippen molar-refractivity contribution in [3.05, 3.63) is 23.5 Å². The fraction of sp³-hybridized carbons (Fsp3) is 0.706. The molecule has 0 amide bonds. The number of carbonyl (C=O) groups is 1. The summed E-state index contributed by atoms with van der Waals surface area (Å²) in [6.07, 6.45) is 12.8. The van der Waals surface area contributed by atoms with E-state index in [9.17, 15) is 4.79 Å². The third kappa shape index (κ3) is 5.63. The van der Waals surface area contributed by atoms with Gasteiger partial charge in [0.1, 0.15) is 0 Å². The van der Waals surface area contributed by atoms with E-state index in [1.165, 1.54) is 51.4 Å². The van der Waals surface area contributed by atoms with Gasteiger partial charge in [-0.3, -0.25) is 4.79 Å². The van der Waals surface area contributed by atoms with Crippen LogP contribution in [0.4, 0.5) is 0 Å². The SMILES string of the molecule is CCCCCCCCCCn1ccc(C(C)=O)c1C. The summed E-state index contributed by atoms with van der Waals surface area (Å²) < 4.78 is 2.22. The van der Waals surface area contributed by atoms with Crippen LogP contribution in [0, 0.1) is 6.92 Å². The van der Waals surface area contributed by atoms with Gasteiger partial charge in [-0.15, -0.1) is 0 Å². The van der Waals surface area contributed by atoms with Crippen molar-refractivity contribution in [1.82, 2.24) is 4.57 Å². The average Bonchev–Trinajstić information content (AvgIpc) is 2.74. The normalized spacial score (nSPS) is 10.9. The number of ketones is 1. The van der Waals surface area contributed by atoms with Gasteiger partial charge in [-0.2, -0.15) is 0 Å². The summed E-state index contributed by atoms with van der Waals surface area (Å²) >= 11 is 0. The van der Waals surface area contributed by atoms with Crippen LogP contribution in [0.2, 0.25) is 0 Å². The number of aryl methyl sites for hydroxylation is 1. The lowest BCUT2D eigenvalue weighted by Crippen LogP contribution is -2.01. The molecule has 0 atom stereocenters. The van der Waals surface area contributed by atoms with Crippen LogP contribution in [0.1, 0.15) is 81.3 Å². The Morgan fingerprint density at radius 3 is 2.16 bits per heavy atom. The summed E-state index contributed by atoms with van der Waals surface area (Å²) in [6.45, 7) is 6.99. The van der Waals surface area contributed by atoms with Gasteiger partial charge < -0.3 is 4.57 Å². The van der Waals surface area contributed by atoms with E-state index in [0.29, 0.717) is 0 Å². The van der Waals surface area contributed by atoms with Gasteiger partial charge in [-0.05, 0) is 26.3 Å². The van der Waals surface area contributed by atoms with Gasteiger partial charge in [0.2, 0.25) is 0 Å². The Balaban J connectivity index is 2.14. The maximum absolute atomic E-state index is 11.4. The fourth-order valence-corrected chi connectivity index (χ4v) is 2.58. The van der Waals surface area contributed by atoms with Crippen LogP contribution in [0.25, 0.3) is 0 Å². The van der Waals surface area contributed by atoms with Crippen molar-refractivity contribution in [2.45, 2.75) is 78.7 Å². The molecule has 1 aromatic heterocycles. The summed E-state index contributed by atoms with van der Waals surface area (Å²) in [5.41, 5.74) is 2.00. The maximum atomic E-state index is 11.4. The lowest BCUT2D eigenvalue weighted by molar-refractivity contribution is 0.101. The number of aromatic nitrogens is 1. The van der Waals surface area contributed by atoms with Crippen LogP contribution in [-0.4, -0.2) is 10.4 Å². The fourth-order valence-electron chi connectivity index (χ4n) is 2.58. The Morgan fingerprint density at radius 1 is 1.05 bits per heavy atom. The lowest BCUT2D eigenvalue weighted by atomic mass is 10.1. The first-order chi connectivity index (χ1) is 9.16. The molecule has 0 radical (unpaired) electrons. The second kappa shape index (κ2) is 8.95. The predicted molar refractivity (Wildman–Crippen MR) is 81.8 cm³/mol. The molecule has 0 saturated carbocycles. The first kappa shape index (κ1) is 16.0. The predicted octanol–water partition coefficient (Wildman–Crippen LogP) is 5.14. The van der Waals surface area contributed by atoms with Gasteiger partial charge in [-0.1, -0.05) is 51.9 Å². The molecule has 0 N–H and O–H groups in total. The van der Waals surface area contributed by atoms with Crippen molar-refractivity contribution >= 4 is 5.78 Å². The van der Waals surface area contributed by atoms with Gasteiger partial charge in [0.25, 0.3) is 0 Å². The Labute approximate surface area is 118 Å². The standard InChI is InChI=1S/C17H29NO/c1-4-5-6-7-8-9-10-11-13-18-14-12-17(15(18)2)16(3)19/h12,14H,4-11,13H2,1-3H3. The summed E-state index contributed by atoms with van der Waals surface area (Å²) in [6, 6.07) is 1.95. The van der Waals surface area contributed by atoms with E-state index in [1.54, 1.807) is 6.92 Å². The van der Waals surface area contributed by atoms with Gasteiger partial charge in [0.15, 0.2) is 5.78 Å². The number of nitrogens with zero attached hydrogens (tertiary/aromatic N) is 1. The highest BCUT2D eigenvalue weighted by Crippen LogP contribution is 2.13. The largest absolute Gasteiger partial charge is 0.351 e. The van der Waals surface area contributed by atoms with Gasteiger partial charge in [0, 0.05) is 24.0 Å². The number of Topliss-reactive ketones (excluding diaryl/α,β-unsaturated/α-hetero) is 1. The van der Waals surface area contributed by atoms with E-state index in [-0.39, 0.29) is 5.78 Å². The van der Waals surface area contributed by atoms with Crippen molar-refractivity contribution < 1.29 is 4.79 Å². The van der Waals surface area contributed by atoms with E-state index >= 15 is 0 Å². The minimum atomic E-state index is 0.173. The van der Waals surface area contributed by atoms with E-state index in [2.05, 4.69) is 11.5 Å². The van der Waals surface area contributed by atoms with Crippen molar-refractivity contribution in [1.29, 1.82) is 0 Å². The number of rotatable bonds is 10. The van der Waals surface area contributed by atoms with Crippen molar-refractivity contribution in [2.75, 3.05) is 0 Å². The summed E-state index contributed by atoms with van der Waals surface area (Å²) in [5, 5.41) is 0. The van der Waals surface area contributed by atoms with Crippen LogP contribution >= 0.6 is 0 Å². The zero-order valence-electron chi connectivity index (χ0n) is 12.9. The molecule has 0 aliphatic carbocycles. The quantitative estimate of drug-likeness (QED) is 0.423. The number of carbonyl (C=O) groups excluding carboxylic acids is 1. The van der Waals surface area contributed by atoms with Crippen LogP contribution < -0.4 is 0 Å². The number of unbranched alkanes of at least 4 members (excludes halogenated alkanes) is 7. The van der Waals surface area contributed by atoms with Gasteiger partial charge >= 0.3 is 0 Å². The molecule has 0 saturated heterocycles. The molecule has 2 nitrogen and oxygen atoms in total. The van der Waals surface area contributed by atoms with Crippen LogP contribution in [0.15, 0.2) is 12.3 Å². The molecular weight excluding hydrogens is 234 g/mol. The molecule has 0 unspecified atom stereocenters. The highest BCUT2D eigenvalue weighted by atomic mass is 16.1. The smallest absolute Gasteiger partial charge is 0.161 e. The highest BCUT2D eigenvalue weighted by molar-refractivity contribution is 5.95. The Morgan fingerprint density at radius 2 is 1.63 bits per heavy atom. The van der Waals surface area contributed by atoms with Gasteiger partial charge in [0.05, 0.1) is 0 Å². The van der Waals surface area contributed by atoms with Gasteiger partial charge in [-0.25, -0.2) is 0 Å². The van der Waals surface area contributed by atoms with E-state index in [4.69, 9.17) is 0 Å². The van der Waals surface area contributed by atoms with E-state index in [0.717, 1.165) is 17.8 Å². The molecule has 1 aromatic rings. The molecule has 0 aromatic carbocycles. The third-order valence-corrected chi connectivity index (χ3v) is 3.87. The summed E-state index contributed by atoms with van der Waals surface area (Å²) in [4.78, 5) is 11.4. The first-order valence-electron chi connectivity index (χ1n) is 7.83. The maximum Gasteiger partial charge on any atom is 0.161 e. The lowest BCUT2D eigenvalue weighted by Gasteiger charge is -2.07. The zero-order chi connectivity index (χ0) is 14.1. The molecule has 0 aliphatic heterocycles. The van der Waals surface area contributed by atoms with E-state index < -0.39 is 0 Å². The van der Waals surface area contributed by atoms with Crippen molar-refractivity contribution in [3.63, 3.8) is 0 Å². The van der Waals surface area contributed by atoms with Crippen LogP contribution in [-0.2, 0) is 6.54 Å². The van der Waals surface area contributed by atoms with Crippen molar-refractivity contribution in [3.8, 4) is 0 Å². The Hall–Kier alpha value is -1.05. The highest BCUT2D eigenvalue weighted by Gasteiger charge is 2.07. The van der Waals surface area contributed by atoms with Crippen LogP contribution in [0.5, 0.6) is 0 Å². The molecule has 1 rings (SSSR count). The average molecular weight is 263 g/mol. The molecule has 0 aliphatic rings. The monoisotopic (exact) mass is 263 g/mol. The Bertz CT molecular complexity index is 379. The molecule has 108 valence electrons. The molecule has 0 spiro atoms. The minimum absolute atomic E-state index is 0.173. The van der Waals surface area contributed by atoms with Crippen molar-refractivity contribution in [2.24, 2.45) is 0 Å². The molecule has 1 heterocycles. The zero-order valence-corrected chi connectivity index (χ0v) is 12.9.